The van der Waals surface area contributed by atoms with Crippen molar-refractivity contribution in [1.29, 1.82) is 0 Å². The van der Waals surface area contributed by atoms with Gasteiger partial charge in [0.2, 0.25) is 0 Å². The fourth-order valence-corrected chi connectivity index (χ4v) is 3.50. The molecule has 0 unspecified atom stereocenters. The van der Waals surface area contributed by atoms with Crippen LogP contribution in [0.2, 0.25) is 0 Å². The van der Waals surface area contributed by atoms with Crippen LogP contribution in [0.5, 0.6) is 0 Å². The molecule has 0 aromatic carbocycles. The maximum absolute atomic E-state index is 12.2. The average molecular weight is 249 g/mol. The van der Waals surface area contributed by atoms with Gasteiger partial charge in [0.1, 0.15) is 0 Å². The molecule has 1 aliphatic heterocycles. The molecule has 0 saturated carbocycles. The number of hydrogen-bond acceptors (Lipinski definition) is 3. The molecule has 16 heavy (non-hydrogen) atoms. The minimum atomic E-state index is -3.36. The lowest BCUT2D eigenvalue weighted by atomic mass is 10.1. The largest absolute Gasteiger partial charge is 0.313 e. The summed E-state index contributed by atoms with van der Waals surface area (Å²) in [7, 11) is -3.36. The van der Waals surface area contributed by atoms with E-state index in [2.05, 4.69) is 10.0 Å². The fraction of sp³-hybridized carbons (Fsp3) is 1.00. The molecule has 1 heterocycles. The van der Waals surface area contributed by atoms with Crippen LogP contribution in [0.25, 0.3) is 0 Å². The van der Waals surface area contributed by atoms with Gasteiger partial charge in [0.25, 0.3) is 10.2 Å². The van der Waals surface area contributed by atoms with Crippen molar-refractivity contribution in [2.45, 2.75) is 45.7 Å². The summed E-state index contributed by atoms with van der Waals surface area (Å²) in [6.45, 7) is 9.65. The van der Waals surface area contributed by atoms with Gasteiger partial charge in [0.05, 0.1) is 6.04 Å². The third kappa shape index (κ3) is 3.69. The van der Waals surface area contributed by atoms with Crippen molar-refractivity contribution in [3.8, 4) is 0 Å². The predicted molar refractivity (Wildman–Crippen MR) is 65.5 cm³/mol. The maximum atomic E-state index is 12.2. The lowest BCUT2D eigenvalue weighted by Gasteiger charge is -2.38. The summed E-state index contributed by atoms with van der Waals surface area (Å²) in [5.41, 5.74) is -0.429. The predicted octanol–water partition coefficient (Wildman–Crippen LogP) is 0.303. The highest BCUT2D eigenvalue weighted by molar-refractivity contribution is 7.87. The van der Waals surface area contributed by atoms with Gasteiger partial charge in [-0.05, 0) is 27.2 Å². The van der Waals surface area contributed by atoms with Gasteiger partial charge in [0.15, 0.2) is 0 Å². The van der Waals surface area contributed by atoms with Gasteiger partial charge >= 0.3 is 0 Å². The zero-order valence-electron chi connectivity index (χ0n) is 10.6. The van der Waals surface area contributed by atoms with E-state index in [1.54, 1.807) is 4.31 Å². The third-order valence-electron chi connectivity index (χ3n) is 2.36. The molecular formula is C10H23N3O2S. The van der Waals surface area contributed by atoms with Crippen LogP contribution < -0.4 is 10.0 Å². The first-order valence-electron chi connectivity index (χ1n) is 5.78. The van der Waals surface area contributed by atoms with Crippen LogP contribution in [0.4, 0.5) is 0 Å². The van der Waals surface area contributed by atoms with Crippen LogP contribution in [-0.2, 0) is 10.2 Å². The second-order valence-electron chi connectivity index (χ2n) is 5.28. The molecule has 0 aromatic heterocycles. The Bertz CT molecular complexity index is 317. The Morgan fingerprint density at radius 1 is 1.38 bits per heavy atom. The van der Waals surface area contributed by atoms with Gasteiger partial charge in [0, 0.05) is 25.2 Å². The smallest absolute Gasteiger partial charge is 0.280 e. The van der Waals surface area contributed by atoms with Crippen molar-refractivity contribution >= 4 is 10.2 Å². The van der Waals surface area contributed by atoms with Crippen molar-refractivity contribution in [2.24, 2.45) is 0 Å². The average Bonchev–Trinajstić information content (AvgIpc) is 1.95. The highest BCUT2D eigenvalue weighted by Crippen LogP contribution is 2.13. The summed E-state index contributed by atoms with van der Waals surface area (Å²) in [5.74, 6) is 0. The Labute approximate surface area is 98.8 Å². The number of nitrogens with one attached hydrogen (secondary N) is 2. The van der Waals surface area contributed by atoms with E-state index in [1.807, 2.05) is 27.7 Å². The minimum absolute atomic E-state index is 0.111. The molecule has 1 aliphatic rings. The van der Waals surface area contributed by atoms with Crippen molar-refractivity contribution in [2.75, 3.05) is 19.6 Å². The lowest BCUT2D eigenvalue weighted by molar-refractivity contribution is 0.236. The van der Waals surface area contributed by atoms with Crippen LogP contribution in [0, 0.1) is 0 Å². The zero-order valence-corrected chi connectivity index (χ0v) is 11.4. The van der Waals surface area contributed by atoms with Crippen LogP contribution in [0.3, 0.4) is 0 Å². The quantitative estimate of drug-likeness (QED) is 0.737. The molecule has 2 N–H and O–H groups in total. The SMILES string of the molecule is CCCN(C1CNC1)S(=O)(=O)NC(C)(C)C. The van der Waals surface area contributed by atoms with Gasteiger partial charge in [-0.1, -0.05) is 6.92 Å². The molecule has 6 heteroatoms. The molecule has 0 aliphatic carbocycles. The summed E-state index contributed by atoms with van der Waals surface area (Å²) < 4.78 is 28.6. The number of nitrogens with zero attached hydrogens (tertiary/aromatic N) is 1. The summed E-state index contributed by atoms with van der Waals surface area (Å²) in [5, 5.41) is 3.10. The Hall–Kier alpha value is -0.170. The van der Waals surface area contributed by atoms with E-state index in [9.17, 15) is 8.42 Å². The molecule has 0 spiro atoms. The number of hydrogen-bond donors (Lipinski definition) is 2. The third-order valence-corrected chi connectivity index (χ3v) is 4.32. The molecule has 5 nitrogen and oxygen atoms in total. The van der Waals surface area contributed by atoms with Gasteiger partial charge in [-0.3, -0.25) is 0 Å². The highest BCUT2D eigenvalue weighted by Gasteiger charge is 2.34. The van der Waals surface area contributed by atoms with Crippen LogP contribution in [-0.4, -0.2) is 43.9 Å². The fourth-order valence-electron chi connectivity index (χ4n) is 1.64. The summed E-state index contributed by atoms with van der Waals surface area (Å²) in [4.78, 5) is 0. The molecule has 1 rings (SSSR count). The molecule has 0 atom stereocenters. The van der Waals surface area contributed by atoms with E-state index in [-0.39, 0.29) is 6.04 Å². The first-order valence-corrected chi connectivity index (χ1v) is 7.22. The number of rotatable bonds is 5. The van der Waals surface area contributed by atoms with Gasteiger partial charge < -0.3 is 5.32 Å². The van der Waals surface area contributed by atoms with Crippen molar-refractivity contribution in [3.05, 3.63) is 0 Å². The first-order chi connectivity index (χ1) is 7.26. The molecule has 1 fully saturated rings. The van der Waals surface area contributed by atoms with Crippen LogP contribution in [0.1, 0.15) is 34.1 Å². The second kappa shape index (κ2) is 5.00. The van der Waals surface area contributed by atoms with E-state index in [0.717, 1.165) is 19.5 Å². The van der Waals surface area contributed by atoms with Crippen molar-refractivity contribution in [1.82, 2.24) is 14.3 Å². The lowest BCUT2D eigenvalue weighted by Crippen LogP contribution is -2.62. The van der Waals surface area contributed by atoms with Gasteiger partial charge in [-0.2, -0.15) is 17.4 Å². The maximum Gasteiger partial charge on any atom is 0.280 e. The summed E-state index contributed by atoms with van der Waals surface area (Å²) in [6.07, 6.45) is 0.835. The highest BCUT2D eigenvalue weighted by atomic mass is 32.2. The molecule has 0 bridgehead atoms. The topological polar surface area (TPSA) is 61.4 Å². The minimum Gasteiger partial charge on any atom is -0.313 e. The Morgan fingerprint density at radius 2 is 1.94 bits per heavy atom. The first kappa shape index (κ1) is 13.9. The van der Waals surface area contributed by atoms with E-state index < -0.39 is 15.7 Å². The normalized spacial score (nSPS) is 18.8. The van der Waals surface area contributed by atoms with Gasteiger partial charge in [-0.15, -0.1) is 0 Å². The summed E-state index contributed by atoms with van der Waals surface area (Å²) in [6, 6.07) is 0.111. The molecule has 0 amide bonds. The van der Waals surface area contributed by atoms with E-state index >= 15 is 0 Å². The van der Waals surface area contributed by atoms with Crippen molar-refractivity contribution in [3.63, 3.8) is 0 Å². The Morgan fingerprint density at radius 3 is 2.25 bits per heavy atom. The van der Waals surface area contributed by atoms with E-state index in [4.69, 9.17) is 0 Å². The van der Waals surface area contributed by atoms with E-state index in [0.29, 0.717) is 6.54 Å². The van der Waals surface area contributed by atoms with E-state index in [1.165, 1.54) is 0 Å². The Balaban J connectivity index is 2.75. The molecular weight excluding hydrogens is 226 g/mol. The molecule has 96 valence electrons. The van der Waals surface area contributed by atoms with Gasteiger partial charge in [-0.25, -0.2) is 0 Å². The van der Waals surface area contributed by atoms with Crippen LogP contribution >= 0.6 is 0 Å². The zero-order chi connectivity index (χ0) is 12.4. The molecule has 0 radical (unpaired) electrons. The van der Waals surface area contributed by atoms with Crippen LogP contribution in [0.15, 0.2) is 0 Å². The molecule has 1 saturated heterocycles. The molecule has 0 aromatic rings. The summed E-state index contributed by atoms with van der Waals surface area (Å²) >= 11 is 0. The monoisotopic (exact) mass is 249 g/mol. The standard InChI is InChI=1S/C10H23N3O2S/c1-5-6-13(9-7-11-8-9)16(14,15)12-10(2,3)4/h9,11-12H,5-8H2,1-4H3. The second-order valence-corrected chi connectivity index (χ2v) is 6.90. The Kier molecular flexibility index (Phi) is 4.34. The van der Waals surface area contributed by atoms with Crippen molar-refractivity contribution < 1.29 is 8.42 Å².